The Kier molecular flexibility index (Phi) is 13.3. The first kappa shape index (κ1) is 19.6. The van der Waals surface area contributed by atoms with Gasteiger partial charge in [-0.3, -0.25) is 0 Å². The molecule has 0 N–H and O–H groups in total. The first-order valence-electron chi connectivity index (χ1n) is 4.03. The molecule has 0 aromatic heterocycles. The van der Waals surface area contributed by atoms with Crippen LogP contribution in [0.5, 0.6) is 0 Å². The molecule has 0 unspecified atom stereocenters. The predicted molar refractivity (Wildman–Crippen MR) is 67.7 cm³/mol. The molecule has 1 fully saturated rings. The minimum Gasteiger partial charge on any atom is -0.411 e. The second kappa shape index (κ2) is 10.2. The van der Waals surface area contributed by atoms with E-state index in [0.717, 1.165) is 32.6 Å². The minimum atomic E-state index is 0. The molecular weight excluding hydrogens is 286 g/mol. The van der Waals surface area contributed by atoms with Crippen molar-refractivity contribution in [2.75, 3.05) is 26.2 Å². The largest absolute Gasteiger partial charge is 1.00 e. The van der Waals surface area contributed by atoms with Gasteiger partial charge in [-0.25, -0.2) is 0 Å². The number of thiocarbonyl (C=S) groups is 2. The summed E-state index contributed by atoms with van der Waals surface area (Å²) in [5, 5.41) is 0. The second-order valence-electron chi connectivity index (χ2n) is 2.86. The van der Waals surface area contributed by atoms with Crippen LogP contribution in [0.1, 0.15) is 6.42 Å². The average molecular weight is 296 g/mol. The average Bonchev–Trinajstić information content (AvgIpc) is 2.27. The van der Waals surface area contributed by atoms with Gasteiger partial charge in [0.25, 0.3) is 0 Å². The van der Waals surface area contributed by atoms with Crippen molar-refractivity contribution in [2.24, 2.45) is 0 Å². The maximum absolute atomic E-state index is 4.94. The fraction of sp³-hybridized carbons (Fsp3) is 0.714. The molecule has 0 atom stereocenters. The third-order valence-electron chi connectivity index (χ3n) is 2.01. The summed E-state index contributed by atoms with van der Waals surface area (Å²) in [6.07, 6.45) is 1.02. The summed E-state index contributed by atoms with van der Waals surface area (Å²) in [6.45, 7) is 3.55. The SMILES string of the molecule is S=C([S-])N1CCCN(C(=S)[S-])CC1.[Na+].[Na+]. The van der Waals surface area contributed by atoms with Crippen LogP contribution in [0.4, 0.5) is 0 Å². The van der Waals surface area contributed by atoms with Crippen LogP contribution in [0.25, 0.3) is 0 Å². The standard InChI is InChI=1S/C7H12N2S4.2Na/c10-6(11)8-2-1-3-9(5-4-8)7(12)13;;/h1-5H2,(H,10,11)(H,12,13);;/q;2*+1/p-2. The van der Waals surface area contributed by atoms with Crippen LogP contribution >= 0.6 is 24.4 Å². The molecule has 0 aliphatic carbocycles. The van der Waals surface area contributed by atoms with Crippen molar-refractivity contribution >= 4 is 58.3 Å². The van der Waals surface area contributed by atoms with E-state index in [4.69, 9.17) is 49.7 Å². The van der Waals surface area contributed by atoms with Gasteiger partial charge in [0.05, 0.1) is 0 Å². The molecule has 0 aromatic rings. The van der Waals surface area contributed by atoms with Gasteiger partial charge >= 0.3 is 59.1 Å². The molecule has 1 saturated heterocycles. The van der Waals surface area contributed by atoms with Crippen LogP contribution in [0.3, 0.4) is 0 Å². The molecule has 74 valence electrons. The van der Waals surface area contributed by atoms with Crippen molar-refractivity contribution in [1.82, 2.24) is 9.80 Å². The van der Waals surface area contributed by atoms with Crippen LogP contribution in [0.2, 0.25) is 0 Å². The van der Waals surface area contributed by atoms with E-state index in [2.05, 4.69) is 0 Å². The van der Waals surface area contributed by atoms with Gasteiger partial charge in [0.1, 0.15) is 0 Å². The van der Waals surface area contributed by atoms with E-state index >= 15 is 0 Å². The van der Waals surface area contributed by atoms with Gasteiger partial charge in [-0.2, -0.15) is 0 Å². The number of hydrogen-bond donors (Lipinski definition) is 0. The normalized spacial score (nSPS) is 15.7. The van der Waals surface area contributed by atoms with E-state index in [1.165, 1.54) is 0 Å². The van der Waals surface area contributed by atoms with E-state index in [-0.39, 0.29) is 59.1 Å². The van der Waals surface area contributed by atoms with E-state index in [9.17, 15) is 0 Å². The van der Waals surface area contributed by atoms with Gasteiger partial charge in [-0.1, -0.05) is 8.64 Å². The van der Waals surface area contributed by atoms with E-state index in [0.29, 0.717) is 8.64 Å². The maximum atomic E-state index is 4.94. The molecule has 1 aliphatic rings. The molecule has 1 aliphatic heterocycles. The molecule has 0 aromatic carbocycles. The van der Waals surface area contributed by atoms with Gasteiger partial charge in [0, 0.05) is 26.2 Å². The third kappa shape index (κ3) is 7.28. The summed E-state index contributed by atoms with van der Waals surface area (Å²) in [7, 11) is 0. The summed E-state index contributed by atoms with van der Waals surface area (Å²) in [5.41, 5.74) is 0. The zero-order valence-corrected chi connectivity index (χ0v) is 16.3. The van der Waals surface area contributed by atoms with Crippen molar-refractivity contribution in [3.05, 3.63) is 0 Å². The van der Waals surface area contributed by atoms with Gasteiger partial charge in [0.2, 0.25) is 0 Å². The first-order valence-corrected chi connectivity index (χ1v) is 5.66. The van der Waals surface area contributed by atoms with E-state index in [1.807, 2.05) is 9.80 Å². The molecule has 0 spiro atoms. The molecule has 2 nitrogen and oxygen atoms in total. The summed E-state index contributed by atoms with van der Waals surface area (Å²) in [4.78, 5) is 4.05. The first-order chi connectivity index (χ1) is 6.11. The molecule has 0 saturated carbocycles. The quantitative estimate of drug-likeness (QED) is 0.248. The Labute approximate surface area is 157 Å². The van der Waals surface area contributed by atoms with Gasteiger partial charge < -0.3 is 59.5 Å². The van der Waals surface area contributed by atoms with E-state index < -0.39 is 0 Å². The second-order valence-corrected chi connectivity index (χ2v) is 4.92. The summed E-state index contributed by atoms with van der Waals surface area (Å²) in [5.74, 6) is 0. The minimum absolute atomic E-state index is 0. The summed E-state index contributed by atoms with van der Waals surface area (Å²) in [6, 6.07) is 0. The van der Waals surface area contributed by atoms with E-state index in [1.54, 1.807) is 0 Å². The van der Waals surface area contributed by atoms with Crippen molar-refractivity contribution in [3.8, 4) is 0 Å². The van der Waals surface area contributed by atoms with Crippen molar-refractivity contribution < 1.29 is 59.1 Å². The fourth-order valence-electron chi connectivity index (χ4n) is 1.28. The van der Waals surface area contributed by atoms with Gasteiger partial charge in [0.15, 0.2) is 0 Å². The molecular formula is C7H10N2Na2S4. The van der Waals surface area contributed by atoms with Crippen LogP contribution in [0.15, 0.2) is 0 Å². The Morgan fingerprint density at radius 3 is 1.40 bits per heavy atom. The van der Waals surface area contributed by atoms with Crippen LogP contribution in [-0.2, 0) is 25.3 Å². The Bertz CT molecular complexity index is 205. The Balaban J connectivity index is 0. The monoisotopic (exact) mass is 296 g/mol. The fourth-order valence-corrected chi connectivity index (χ4v) is 2.01. The zero-order chi connectivity index (χ0) is 9.84. The predicted octanol–water partition coefficient (Wildman–Crippen LogP) is -5.33. The molecule has 0 bridgehead atoms. The molecule has 15 heavy (non-hydrogen) atoms. The number of rotatable bonds is 0. The summed E-state index contributed by atoms with van der Waals surface area (Å²) >= 11 is 19.8. The van der Waals surface area contributed by atoms with Gasteiger partial charge in [-0.15, -0.1) is 0 Å². The topological polar surface area (TPSA) is 6.48 Å². The van der Waals surface area contributed by atoms with Crippen LogP contribution < -0.4 is 59.1 Å². The molecule has 0 radical (unpaired) electrons. The smallest absolute Gasteiger partial charge is 0.411 e. The zero-order valence-electron chi connectivity index (χ0n) is 9.06. The van der Waals surface area contributed by atoms with Crippen molar-refractivity contribution in [3.63, 3.8) is 0 Å². The number of nitrogens with zero attached hydrogens (tertiary/aromatic N) is 2. The third-order valence-corrected chi connectivity index (χ3v) is 3.05. The Morgan fingerprint density at radius 2 is 1.13 bits per heavy atom. The van der Waals surface area contributed by atoms with Crippen molar-refractivity contribution in [1.29, 1.82) is 0 Å². The Morgan fingerprint density at radius 1 is 0.800 bits per heavy atom. The van der Waals surface area contributed by atoms with Crippen molar-refractivity contribution in [2.45, 2.75) is 6.42 Å². The van der Waals surface area contributed by atoms with Crippen LogP contribution in [-0.4, -0.2) is 44.6 Å². The Hall–Kier alpha value is 2.22. The molecule has 1 rings (SSSR count). The summed E-state index contributed by atoms with van der Waals surface area (Å²) < 4.78 is 1.11. The molecule has 0 amide bonds. The number of hydrogen-bond acceptors (Lipinski definition) is 4. The molecule has 1 heterocycles. The maximum Gasteiger partial charge on any atom is 1.00 e. The molecule has 8 heteroatoms. The van der Waals surface area contributed by atoms with Crippen LogP contribution in [0, 0.1) is 0 Å². The van der Waals surface area contributed by atoms with Gasteiger partial charge in [-0.05, 0) is 6.42 Å².